The second kappa shape index (κ2) is 8.34. The number of rotatable bonds is 7. The number of hydrogen-bond acceptors (Lipinski definition) is 3. The number of amides is 1. The van der Waals surface area contributed by atoms with Crippen LogP contribution < -0.4 is 10.5 Å². The van der Waals surface area contributed by atoms with Crippen molar-refractivity contribution < 1.29 is 9.53 Å². The molecule has 0 bridgehead atoms. The van der Waals surface area contributed by atoms with Crippen LogP contribution in [0.5, 0.6) is 5.75 Å². The van der Waals surface area contributed by atoms with Gasteiger partial charge in [0.25, 0.3) is 0 Å². The van der Waals surface area contributed by atoms with Gasteiger partial charge in [0.05, 0.1) is 6.61 Å². The summed E-state index contributed by atoms with van der Waals surface area (Å²) in [6, 6.07) is 17.2. The van der Waals surface area contributed by atoms with Gasteiger partial charge in [-0.25, -0.2) is 0 Å². The molecule has 0 saturated carbocycles. The summed E-state index contributed by atoms with van der Waals surface area (Å²) in [5.74, 6) is 0.842. The average Bonchev–Trinajstić information content (AvgIpc) is 2.57. The normalized spacial score (nSPS) is 11.8. The Kier molecular flexibility index (Phi) is 6.18. The number of para-hydroxylation sites is 1. The van der Waals surface area contributed by atoms with Crippen molar-refractivity contribution in [2.75, 3.05) is 13.7 Å². The van der Waals surface area contributed by atoms with E-state index in [1.54, 1.807) is 11.9 Å². The van der Waals surface area contributed by atoms with Crippen molar-refractivity contribution in [3.05, 3.63) is 65.7 Å². The number of nitrogens with two attached hydrogens (primary N) is 1. The van der Waals surface area contributed by atoms with E-state index in [1.807, 2.05) is 61.5 Å². The van der Waals surface area contributed by atoms with E-state index in [1.165, 1.54) is 0 Å². The van der Waals surface area contributed by atoms with E-state index in [2.05, 4.69) is 0 Å². The van der Waals surface area contributed by atoms with Gasteiger partial charge >= 0.3 is 0 Å². The first-order valence-corrected chi connectivity index (χ1v) is 7.87. The zero-order chi connectivity index (χ0) is 16.7. The SMILES string of the molecule is CCOc1ccccc1CN(C)C(=O)CC(N)c1ccccc1. The number of carbonyl (C=O) groups is 1. The first-order valence-electron chi connectivity index (χ1n) is 7.87. The lowest BCUT2D eigenvalue weighted by Crippen LogP contribution is -2.29. The molecular weight excluding hydrogens is 288 g/mol. The van der Waals surface area contributed by atoms with Crippen LogP contribution >= 0.6 is 0 Å². The van der Waals surface area contributed by atoms with Gasteiger partial charge < -0.3 is 15.4 Å². The third kappa shape index (κ3) is 4.83. The van der Waals surface area contributed by atoms with E-state index >= 15 is 0 Å². The third-order valence-corrected chi connectivity index (χ3v) is 3.73. The molecule has 122 valence electrons. The molecule has 0 aliphatic heterocycles. The standard InChI is InChI=1S/C19H24N2O2/c1-3-23-18-12-8-7-11-16(18)14-21(2)19(22)13-17(20)15-9-5-4-6-10-15/h4-12,17H,3,13-14,20H2,1-2H3. The Labute approximate surface area is 137 Å². The van der Waals surface area contributed by atoms with E-state index < -0.39 is 0 Å². The minimum Gasteiger partial charge on any atom is -0.494 e. The molecule has 0 aliphatic rings. The van der Waals surface area contributed by atoms with Gasteiger partial charge in [-0.15, -0.1) is 0 Å². The summed E-state index contributed by atoms with van der Waals surface area (Å²) >= 11 is 0. The number of ether oxygens (including phenoxy) is 1. The fourth-order valence-corrected chi connectivity index (χ4v) is 2.44. The number of benzene rings is 2. The van der Waals surface area contributed by atoms with Crippen LogP contribution in [0.3, 0.4) is 0 Å². The fourth-order valence-electron chi connectivity index (χ4n) is 2.44. The summed E-state index contributed by atoms with van der Waals surface area (Å²) in [6.07, 6.45) is 0.289. The molecule has 4 heteroatoms. The van der Waals surface area contributed by atoms with Gasteiger partial charge in [0.2, 0.25) is 5.91 Å². The van der Waals surface area contributed by atoms with Crippen molar-refractivity contribution in [2.24, 2.45) is 5.73 Å². The molecular formula is C19H24N2O2. The molecule has 0 radical (unpaired) electrons. The van der Waals surface area contributed by atoms with Gasteiger partial charge in [0.15, 0.2) is 0 Å². The van der Waals surface area contributed by atoms with Gasteiger partial charge in [-0.1, -0.05) is 48.5 Å². The lowest BCUT2D eigenvalue weighted by Gasteiger charge is -2.21. The van der Waals surface area contributed by atoms with Crippen LogP contribution in [0.1, 0.15) is 30.5 Å². The molecule has 1 unspecified atom stereocenters. The highest BCUT2D eigenvalue weighted by Crippen LogP contribution is 2.21. The number of hydrogen-bond donors (Lipinski definition) is 1. The van der Waals surface area contributed by atoms with Crippen molar-refractivity contribution in [3.8, 4) is 5.75 Å². The van der Waals surface area contributed by atoms with Crippen molar-refractivity contribution in [3.63, 3.8) is 0 Å². The van der Waals surface area contributed by atoms with Crippen LogP contribution in [0.2, 0.25) is 0 Å². The maximum Gasteiger partial charge on any atom is 0.224 e. The quantitative estimate of drug-likeness (QED) is 0.854. The second-order valence-electron chi connectivity index (χ2n) is 5.51. The lowest BCUT2D eigenvalue weighted by atomic mass is 10.0. The van der Waals surface area contributed by atoms with Crippen LogP contribution in [0, 0.1) is 0 Å². The summed E-state index contributed by atoms with van der Waals surface area (Å²) in [7, 11) is 1.79. The Hall–Kier alpha value is -2.33. The Bertz CT molecular complexity index is 628. The fraction of sp³-hybridized carbons (Fsp3) is 0.316. The predicted molar refractivity (Wildman–Crippen MR) is 92.1 cm³/mol. The average molecular weight is 312 g/mol. The van der Waals surface area contributed by atoms with E-state index in [-0.39, 0.29) is 18.4 Å². The van der Waals surface area contributed by atoms with Crippen molar-refractivity contribution in [1.29, 1.82) is 0 Å². The summed E-state index contributed by atoms with van der Waals surface area (Å²) in [6.45, 7) is 3.06. The molecule has 2 aromatic carbocycles. The Morgan fingerprint density at radius 1 is 1.13 bits per heavy atom. The smallest absolute Gasteiger partial charge is 0.224 e. The van der Waals surface area contributed by atoms with Gasteiger partial charge in [0.1, 0.15) is 5.75 Å². The first kappa shape index (κ1) is 17.0. The molecule has 2 aromatic rings. The highest BCUT2D eigenvalue weighted by atomic mass is 16.5. The van der Waals surface area contributed by atoms with E-state index in [0.717, 1.165) is 16.9 Å². The highest BCUT2D eigenvalue weighted by molar-refractivity contribution is 5.76. The molecule has 2 rings (SSSR count). The second-order valence-corrected chi connectivity index (χ2v) is 5.51. The predicted octanol–water partition coefficient (Wildman–Crippen LogP) is 3.13. The minimum atomic E-state index is -0.284. The van der Waals surface area contributed by atoms with Crippen LogP contribution in [0.15, 0.2) is 54.6 Å². The van der Waals surface area contributed by atoms with Crippen molar-refractivity contribution >= 4 is 5.91 Å². The molecule has 1 amide bonds. The Morgan fingerprint density at radius 2 is 1.78 bits per heavy atom. The van der Waals surface area contributed by atoms with Gasteiger partial charge in [-0.05, 0) is 18.6 Å². The first-order chi connectivity index (χ1) is 11.1. The maximum absolute atomic E-state index is 12.4. The molecule has 0 saturated heterocycles. The third-order valence-electron chi connectivity index (χ3n) is 3.73. The molecule has 2 N–H and O–H groups in total. The largest absolute Gasteiger partial charge is 0.494 e. The minimum absolute atomic E-state index is 0.0210. The number of carbonyl (C=O) groups excluding carboxylic acids is 1. The highest BCUT2D eigenvalue weighted by Gasteiger charge is 2.16. The van der Waals surface area contributed by atoms with Crippen LogP contribution in [0.4, 0.5) is 0 Å². The molecule has 1 atom stereocenters. The van der Waals surface area contributed by atoms with E-state index in [9.17, 15) is 4.79 Å². The lowest BCUT2D eigenvalue weighted by molar-refractivity contribution is -0.130. The molecule has 0 spiro atoms. The van der Waals surface area contributed by atoms with Crippen molar-refractivity contribution in [2.45, 2.75) is 25.9 Å². The van der Waals surface area contributed by atoms with Crippen LogP contribution in [-0.2, 0) is 11.3 Å². The van der Waals surface area contributed by atoms with Gasteiger partial charge in [-0.2, -0.15) is 0 Å². The number of nitrogens with zero attached hydrogens (tertiary/aromatic N) is 1. The molecule has 0 fully saturated rings. The Morgan fingerprint density at radius 3 is 2.48 bits per heavy atom. The molecule has 23 heavy (non-hydrogen) atoms. The van der Waals surface area contributed by atoms with E-state index in [4.69, 9.17) is 10.5 Å². The molecule has 0 aromatic heterocycles. The summed E-state index contributed by atoms with van der Waals surface area (Å²) in [5.41, 5.74) is 8.11. The van der Waals surface area contributed by atoms with Gasteiger partial charge in [-0.3, -0.25) is 4.79 Å². The van der Waals surface area contributed by atoms with Crippen LogP contribution in [0.25, 0.3) is 0 Å². The Balaban J connectivity index is 1.98. The van der Waals surface area contributed by atoms with Crippen LogP contribution in [-0.4, -0.2) is 24.5 Å². The van der Waals surface area contributed by atoms with Crippen molar-refractivity contribution in [1.82, 2.24) is 4.90 Å². The zero-order valence-electron chi connectivity index (χ0n) is 13.7. The maximum atomic E-state index is 12.4. The molecule has 4 nitrogen and oxygen atoms in total. The topological polar surface area (TPSA) is 55.6 Å². The summed E-state index contributed by atoms with van der Waals surface area (Å²) in [5, 5.41) is 0. The van der Waals surface area contributed by atoms with E-state index in [0.29, 0.717) is 13.2 Å². The van der Waals surface area contributed by atoms with Gasteiger partial charge in [0, 0.05) is 31.6 Å². The zero-order valence-corrected chi connectivity index (χ0v) is 13.7. The summed E-state index contributed by atoms with van der Waals surface area (Å²) < 4.78 is 5.61. The molecule has 0 heterocycles. The monoisotopic (exact) mass is 312 g/mol. The molecule has 0 aliphatic carbocycles. The summed E-state index contributed by atoms with van der Waals surface area (Å²) in [4.78, 5) is 14.1.